The normalized spacial score (nSPS) is 12.2. The van der Waals surface area contributed by atoms with Gasteiger partial charge in [0.1, 0.15) is 11.6 Å². The first-order valence-corrected chi connectivity index (χ1v) is 6.37. The molecule has 0 spiro atoms. The topological polar surface area (TPSA) is 68.2 Å². The first-order chi connectivity index (χ1) is 9.00. The van der Waals surface area contributed by atoms with Crippen LogP contribution in [0.4, 0.5) is 17.3 Å². The maximum atomic E-state index is 6.22. The molecule has 0 fully saturated rings. The summed E-state index contributed by atoms with van der Waals surface area (Å²) in [6, 6.07) is 11.5. The van der Waals surface area contributed by atoms with E-state index < -0.39 is 0 Å². The zero-order valence-corrected chi connectivity index (χ0v) is 11.7. The predicted molar refractivity (Wildman–Crippen MR) is 81.3 cm³/mol. The molecule has 1 atom stereocenters. The Balaban J connectivity index is 2.31. The number of hydrogen-bond donors (Lipinski definition) is 2. The minimum atomic E-state index is 0.0872. The van der Waals surface area contributed by atoms with Gasteiger partial charge in [0.15, 0.2) is 0 Å². The monoisotopic (exact) mass is 276 g/mol. The van der Waals surface area contributed by atoms with Gasteiger partial charge in [-0.05, 0) is 30.7 Å². The lowest BCUT2D eigenvalue weighted by atomic mass is 10.1. The standard InChI is InChI=1S/C14H17ClN4/c1-9(10-5-3-4-6-11(10)15)19(2)13-8-7-12(16)14(17)18-13/h3-9H,16H2,1-2H3,(H2,17,18). The van der Waals surface area contributed by atoms with Crippen LogP contribution in [0.2, 0.25) is 5.02 Å². The summed E-state index contributed by atoms with van der Waals surface area (Å²) in [7, 11) is 1.95. The summed E-state index contributed by atoms with van der Waals surface area (Å²) in [5, 5.41) is 0.741. The summed E-state index contributed by atoms with van der Waals surface area (Å²) < 4.78 is 0. The Bertz CT molecular complexity index is 585. The third-order valence-electron chi connectivity index (χ3n) is 3.24. The highest BCUT2D eigenvalue weighted by Crippen LogP contribution is 2.29. The molecule has 0 aliphatic carbocycles. The number of rotatable bonds is 3. The molecule has 5 heteroatoms. The molecule has 1 aromatic carbocycles. The molecule has 0 amide bonds. The minimum absolute atomic E-state index is 0.0872. The SMILES string of the molecule is CC(c1ccccc1Cl)N(C)c1ccc(N)c(N)n1. The molecule has 2 rings (SSSR count). The van der Waals surface area contributed by atoms with Crippen molar-refractivity contribution in [2.24, 2.45) is 0 Å². The summed E-state index contributed by atoms with van der Waals surface area (Å²) in [6.45, 7) is 2.06. The lowest BCUT2D eigenvalue weighted by Gasteiger charge is -2.27. The van der Waals surface area contributed by atoms with Crippen LogP contribution in [0.3, 0.4) is 0 Å². The zero-order valence-electron chi connectivity index (χ0n) is 11.0. The van der Waals surface area contributed by atoms with E-state index in [4.69, 9.17) is 23.1 Å². The van der Waals surface area contributed by atoms with E-state index in [0.717, 1.165) is 16.4 Å². The van der Waals surface area contributed by atoms with Gasteiger partial charge in [0.05, 0.1) is 11.7 Å². The lowest BCUT2D eigenvalue weighted by Crippen LogP contribution is -2.23. The van der Waals surface area contributed by atoms with Crippen LogP contribution in [-0.4, -0.2) is 12.0 Å². The second-order valence-electron chi connectivity index (χ2n) is 4.45. The Hall–Kier alpha value is -1.94. The molecule has 4 nitrogen and oxygen atoms in total. The molecular formula is C14H17ClN4. The molecule has 1 heterocycles. The predicted octanol–water partition coefficient (Wildman–Crippen LogP) is 3.10. The maximum absolute atomic E-state index is 6.22. The van der Waals surface area contributed by atoms with E-state index in [9.17, 15) is 0 Å². The van der Waals surface area contributed by atoms with E-state index in [2.05, 4.69) is 11.9 Å². The van der Waals surface area contributed by atoms with Gasteiger partial charge in [0.2, 0.25) is 0 Å². The Morgan fingerprint density at radius 2 is 1.84 bits per heavy atom. The van der Waals surface area contributed by atoms with Crippen molar-refractivity contribution in [3.05, 3.63) is 47.0 Å². The second-order valence-corrected chi connectivity index (χ2v) is 4.86. The van der Waals surface area contributed by atoms with E-state index in [-0.39, 0.29) is 6.04 Å². The molecule has 1 unspecified atom stereocenters. The van der Waals surface area contributed by atoms with E-state index in [1.54, 1.807) is 6.07 Å². The Kier molecular flexibility index (Phi) is 3.81. The quantitative estimate of drug-likeness (QED) is 0.904. The summed E-state index contributed by atoms with van der Waals surface area (Å²) in [4.78, 5) is 6.30. The second kappa shape index (κ2) is 5.36. The summed E-state index contributed by atoms with van der Waals surface area (Å²) >= 11 is 6.22. The van der Waals surface area contributed by atoms with Crippen molar-refractivity contribution in [2.45, 2.75) is 13.0 Å². The fraction of sp³-hybridized carbons (Fsp3) is 0.214. The van der Waals surface area contributed by atoms with Gasteiger partial charge in [-0.15, -0.1) is 0 Å². The molecule has 0 radical (unpaired) electrons. The van der Waals surface area contributed by atoms with Crippen molar-refractivity contribution in [3.63, 3.8) is 0 Å². The number of nitrogen functional groups attached to an aromatic ring is 2. The summed E-state index contributed by atoms with van der Waals surface area (Å²) in [5.74, 6) is 1.11. The number of nitrogens with zero attached hydrogens (tertiary/aromatic N) is 2. The smallest absolute Gasteiger partial charge is 0.149 e. The highest BCUT2D eigenvalue weighted by Gasteiger charge is 2.16. The molecule has 0 bridgehead atoms. The van der Waals surface area contributed by atoms with E-state index in [0.29, 0.717) is 11.5 Å². The number of aromatic nitrogens is 1. The van der Waals surface area contributed by atoms with Crippen LogP contribution in [0, 0.1) is 0 Å². The van der Waals surface area contributed by atoms with Gasteiger partial charge in [-0.3, -0.25) is 0 Å². The molecule has 1 aromatic heterocycles. The average molecular weight is 277 g/mol. The first-order valence-electron chi connectivity index (χ1n) is 6.00. The minimum Gasteiger partial charge on any atom is -0.396 e. The van der Waals surface area contributed by atoms with Crippen molar-refractivity contribution in [3.8, 4) is 0 Å². The molecule has 0 aliphatic rings. The van der Waals surface area contributed by atoms with Crippen LogP contribution in [0.25, 0.3) is 0 Å². The highest BCUT2D eigenvalue weighted by atomic mass is 35.5. The van der Waals surface area contributed by atoms with Gasteiger partial charge in [-0.25, -0.2) is 4.98 Å². The van der Waals surface area contributed by atoms with Crippen molar-refractivity contribution < 1.29 is 0 Å². The fourth-order valence-corrected chi connectivity index (χ4v) is 2.19. The zero-order chi connectivity index (χ0) is 14.0. The molecule has 0 saturated heterocycles. The van der Waals surface area contributed by atoms with Gasteiger partial charge in [-0.2, -0.15) is 0 Å². The molecule has 2 aromatic rings. The van der Waals surface area contributed by atoms with E-state index in [1.807, 2.05) is 42.3 Å². The molecular weight excluding hydrogens is 260 g/mol. The van der Waals surface area contributed by atoms with E-state index in [1.165, 1.54) is 0 Å². The van der Waals surface area contributed by atoms with Crippen LogP contribution >= 0.6 is 11.6 Å². The average Bonchev–Trinajstić information content (AvgIpc) is 2.41. The van der Waals surface area contributed by atoms with Crippen molar-refractivity contribution >= 4 is 28.9 Å². The van der Waals surface area contributed by atoms with Crippen LogP contribution < -0.4 is 16.4 Å². The van der Waals surface area contributed by atoms with Gasteiger partial charge < -0.3 is 16.4 Å². The Morgan fingerprint density at radius 1 is 1.16 bits per heavy atom. The largest absolute Gasteiger partial charge is 0.396 e. The molecule has 0 aliphatic heterocycles. The van der Waals surface area contributed by atoms with Crippen LogP contribution in [0.1, 0.15) is 18.5 Å². The lowest BCUT2D eigenvalue weighted by molar-refractivity contribution is 0.730. The van der Waals surface area contributed by atoms with Gasteiger partial charge in [-0.1, -0.05) is 29.8 Å². The molecule has 100 valence electrons. The fourth-order valence-electron chi connectivity index (χ4n) is 1.89. The third-order valence-corrected chi connectivity index (χ3v) is 3.58. The molecule has 0 saturated carbocycles. The highest BCUT2D eigenvalue weighted by molar-refractivity contribution is 6.31. The number of hydrogen-bond acceptors (Lipinski definition) is 4. The maximum Gasteiger partial charge on any atom is 0.149 e. The van der Waals surface area contributed by atoms with Gasteiger partial charge >= 0.3 is 0 Å². The third kappa shape index (κ3) is 2.74. The van der Waals surface area contributed by atoms with Gasteiger partial charge in [0.25, 0.3) is 0 Å². The van der Waals surface area contributed by atoms with Crippen LogP contribution in [0.5, 0.6) is 0 Å². The number of anilines is 3. The molecule has 4 N–H and O–H groups in total. The van der Waals surface area contributed by atoms with Crippen molar-refractivity contribution in [2.75, 3.05) is 23.4 Å². The first kappa shape index (κ1) is 13.5. The van der Waals surface area contributed by atoms with E-state index >= 15 is 0 Å². The molecule has 19 heavy (non-hydrogen) atoms. The Labute approximate surface area is 118 Å². The Morgan fingerprint density at radius 3 is 2.47 bits per heavy atom. The number of pyridine rings is 1. The summed E-state index contributed by atoms with van der Waals surface area (Å²) in [5.41, 5.74) is 12.9. The van der Waals surface area contributed by atoms with Crippen LogP contribution in [-0.2, 0) is 0 Å². The van der Waals surface area contributed by atoms with Crippen LogP contribution in [0.15, 0.2) is 36.4 Å². The summed E-state index contributed by atoms with van der Waals surface area (Å²) in [6.07, 6.45) is 0. The van der Waals surface area contributed by atoms with Gasteiger partial charge in [0, 0.05) is 12.1 Å². The number of halogens is 1. The number of nitrogens with two attached hydrogens (primary N) is 2. The van der Waals surface area contributed by atoms with Crippen molar-refractivity contribution in [1.29, 1.82) is 0 Å². The number of benzene rings is 1. The van der Waals surface area contributed by atoms with Crippen molar-refractivity contribution in [1.82, 2.24) is 4.98 Å².